The highest BCUT2D eigenvalue weighted by molar-refractivity contribution is 5.77. The van der Waals surface area contributed by atoms with Gasteiger partial charge in [-0.1, -0.05) is 0 Å². The second kappa shape index (κ2) is 4.25. The van der Waals surface area contributed by atoms with E-state index in [0.717, 1.165) is 16.9 Å². The Bertz CT molecular complexity index is 567. The lowest BCUT2D eigenvalue weighted by Crippen LogP contribution is -2.32. The maximum absolute atomic E-state index is 5.97. The predicted molar refractivity (Wildman–Crippen MR) is 66.2 cm³/mol. The number of fused-ring (bicyclic) bond motifs is 1. The normalized spacial score (nSPS) is 20.7. The van der Waals surface area contributed by atoms with Crippen molar-refractivity contribution in [1.82, 2.24) is 19.3 Å². The van der Waals surface area contributed by atoms with Crippen molar-refractivity contribution in [3.8, 4) is 0 Å². The van der Waals surface area contributed by atoms with Crippen LogP contribution in [0.5, 0.6) is 0 Å². The number of ether oxygens (including phenoxy) is 2. The van der Waals surface area contributed by atoms with Crippen LogP contribution in [0.4, 0.5) is 5.95 Å². The van der Waals surface area contributed by atoms with Gasteiger partial charge in [0.05, 0.1) is 38.2 Å². The first-order valence-electron chi connectivity index (χ1n) is 6.01. The third-order valence-corrected chi connectivity index (χ3v) is 3.19. The minimum Gasteiger partial charge on any atom is -0.376 e. The molecule has 1 fully saturated rings. The molecule has 0 bridgehead atoms. The molecule has 0 saturated carbocycles. The monoisotopic (exact) mass is 251 g/mol. The predicted octanol–water partition coefficient (Wildman–Crippen LogP) is 0.0758. The number of hydrogen-bond acceptors (Lipinski definition) is 5. The average molecular weight is 251 g/mol. The Balaban J connectivity index is 1.97. The SMILES string of the molecule is Cc1nn(C)c2c1nc(N)n2CC1COCCO1. The summed E-state index contributed by atoms with van der Waals surface area (Å²) < 4.78 is 14.8. The van der Waals surface area contributed by atoms with E-state index in [0.29, 0.717) is 32.3 Å². The number of nitrogens with zero attached hydrogens (tertiary/aromatic N) is 4. The van der Waals surface area contributed by atoms with E-state index in [1.807, 2.05) is 18.5 Å². The molecule has 2 aromatic rings. The van der Waals surface area contributed by atoms with E-state index in [4.69, 9.17) is 15.2 Å². The minimum atomic E-state index is 0.0219. The van der Waals surface area contributed by atoms with Gasteiger partial charge in [-0.3, -0.25) is 9.25 Å². The summed E-state index contributed by atoms with van der Waals surface area (Å²) >= 11 is 0. The van der Waals surface area contributed by atoms with Crippen LogP contribution in [0.3, 0.4) is 0 Å². The number of nitrogen functional groups attached to an aromatic ring is 1. The molecule has 1 aliphatic heterocycles. The molecule has 18 heavy (non-hydrogen) atoms. The van der Waals surface area contributed by atoms with Crippen LogP contribution in [0.15, 0.2) is 0 Å². The van der Waals surface area contributed by atoms with Crippen molar-refractivity contribution in [2.75, 3.05) is 25.6 Å². The van der Waals surface area contributed by atoms with Gasteiger partial charge in [-0.05, 0) is 6.92 Å². The smallest absolute Gasteiger partial charge is 0.202 e. The zero-order chi connectivity index (χ0) is 12.7. The molecule has 1 unspecified atom stereocenters. The summed E-state index contributed by atoms with van der Waals surface area (Å²) in [5.41, 5.74) is 8.64. The molecular weight excluding hydrogens is 234 g/mol. The number of aromatic nitrogens is 4. The standard InChI is InChI=1S/C11H17N5O2/c1-7-9-10(15(2)14-7)16(11(12)13-9)5-8-6-17-3-4-18-8/h8H,3-6H2,1-2H3,(H2,12,13). The molecule has 0 aliphatic carbocycles. The van der Waals surface area contributed by atoms with Crippen LogP contribution in [0.25, 0.3) is 11.2 Å². The fourth-order valence-corrected chi connectivity index (χ4v) is 2.38. The molecule has 98 valence electrons. The molecular formula is C11H17N5O2. The molecule has 3 heterocycles. The van der Waals surface area contributed by atoms with Crippen molar-refractivity contribution in [3.05, 3.63) is 5.69 Å². The largest absolute Gasteiger partial charge is 0.376 e. The van der Waals surface area contributed by atoms with Crippen LogP contribution in [0, 0.1) is 6.92 Å². The zero-order valence-electron chi connectivity index (χ0n) is 10.6. The first-order chi connectivity index (χ1) is 8.66. The van der Waals surface area contributed by atoms with Gasteiger partial charge >= 0.3 is 0 Å². The molecule has 2 aromatic heterocycles. The van der Waals surface area contributed by atoms with E-state index in [9.17, 15) is 0 Å². The molecule has 1 atom stereocenters. The minimum absolute atomic E-state index is 0.0219. The van der Waals surface area contributed by atoms with Crippen LogP contribution < -0.4 is 5.73 Å². The molecule has 0 spiro atoms. The number of nitrogens with two attached hydrogens (primary N) is 1. The number of imidazole rings is 1. The highest BCUT2D eigenvalue weighted by atomic mass is 16.6. The third-order valence-electron chi connectivity index (χ3n) is 3.19. The first kappa shape index (κ1) is 11.5. The van der Waals surface area contributed by atoms with E-state index in [1.165, 1.54) is 0 Å². The van der Waals surface area contributed by atoms with Gasteiger partial charge in [0.15, 0.2) is 5.65 Å². The summed E-state index contributed by atoms with van der Waals surface area (Å²) in [6.45, 7) is 4.46. The molecule has 0 aromatic carbocycles. The topological polar surface area (TPSA) is 80.1 Å². The Kier molecular flexibility index (Phi) is 2.71. The third kappa shape index (κ3) is 1.75. The molecule has 3 rings (SSSR count). The Labute approximate surface area is 104 Å². The van der Waals surface area contributed by atoms with Gasteiger partial charge in [0.1, 0.15) is 5.52 Å². The quantitative estimate of drug-likeness (QED) is 0.817. The van der Waals surface area contributed by atoms with Crippen molar-refractivity contribution in [2.24, 2.45) is 7.05 Å². The molecule has 0 amide bonds. The second-order valence-electron chi connectivity index (χ2n) is 4.53. The zero-order valence-corrected chi connectivity index (χ0v) is 10.6. The van der Waals surface area contributed by atoms with Crippen molar-refractivity contribution in [1.29, 1.82) is 0 Å². The summed E-state index contributed by atoms with van der Waals surface area (Å²) in [6, 6.07) is 0. The average Bonchev–Trinajstić information content (AvgIpc) is 2.81. The van der Waals surface area contributed by atoms with Crippen LogP contribution in [-0.4, -0.2) is 45.3 Å². The van der Waals surface area contributed by atoms with Crippen molar-refractivity contribution in [3.63, 3.8) is 0 Å². The summed E-state index contributed by atoms with van der Waals surface area (Å²) in [5.74, 6) is 0.496. The molecule has 7 heteroatoms. The number of aryl methyl sites for hydroxylation is 2. The molecule has 0 radical (unpaired) electrons. The summed E-state index contributed by atoms with van der Waals surface area (Å²) in [5, 5.41) is 4.35. The van der Waals surface area contributed by atoms with Gasteiger partial charge in [0, 0.05) is 7.05 Å². The van der Waals surface area contributed by atoms with Gasteiger partial charge in [0.25, 0.3) is 0 Å². The van der Waals surface area contributed by atoms with E-state index < -0.39 is 0 Å². The summed E-state index contributed by atoms with van der Waals surface area (Å²) in [6.07, 6.45) is 0.0219. The molecule has 7 nitrogen and oxygen atoms in total. The van der Waals surface area contributed by atoms with Gasteiger partial charge in [-0.25, -0.2) is 4.98 Å². The number of rotatable bonds is 2. The maximum Gasteiger partial charge on any atom is 0.202 e. The fraction of sp³-hybridized carbons (Fsp3) is 0.636. The van der Waals surface area contributed by atoms with Gasteiger partial charge in [-0.15, -0.1) is 0 Å². The maximum atomic E-state index is 5.97. The lowest BCUT2D eigenvalue weighted by molar-refractivity contribution is -0.0931. The van der Waals surface area contributed by atoms with Crippen molar-refractivity contribution in [2.45, 2.75) is 19.6 Å². The molecule has 2 N–H and O–H groups in total. The Hall–Kier alpha value is -1.60. The van der Waals surface area contributed by atoms with E-state index >= 15 is 0 Å². The molecule has 1 aliphatic rings. The Morgan fingerprint density at radius 1 is 1.44 bits per heavy atom. The fourth-order valence-electron chi connectivity index (χ4n) is 2.38. The number of hydrogen-bond donors (Lipinski definition) is 1. The Morgan fingerprint density at radius 2 is 2.28 bits per heavy atom. The van der Waals surface area contributed by atoms with Crippen LogP contribution in [-0.2, 0) is 23.1 Å². The lowest BCUT2D eigenvalue weighted by Gasteiger charge is -2.23. The highest BCUT2D eigenvalue weighted by Gasteiger charge is 2.21. The summed E-state index contributed by atoms with van der Waals surface area (Å²) in [7, 11) is 1.89. The van der Waals surface area contributed by atoms with Crippen molar-refractivity contribution < 1.29 is 9.47 Å². The van der Waals surface area contributed by atoms with E-state index in [1.54, 1.807) is 4.68 Å². The van der Waals surface area contributed by atoms with Crippen LogP contribution >= 0.6 is 0 Å². The van der Waals surface area contributed by atoms with Crippen LogP contribution in [0.2, 0.25) is 0 Å². The Morgan fingerprint density at radius 3 is 3.00 bits per heavy atom. The second-order valence-corrected chi connectivity index (χ2v) is 4.53. The van der Waals surface area contributed by atoms with Gasteiger partial charge in [0.2, 0.25) is 5.95 Å². The molecule has 1 saturated heterocycles. The van der Waals surface area contributed by atoms with Gasteiger partial charge < -0.3 is 15.2 Å². The number of anilines is 1. The van der Waals surface area contributed by atoms with Crippen LogP contribution in [0.1, 0.15) is 5.69 Å². The highest BCUT2D eigenvalue weighted by Crippen LogP contribution is 2.21. The van der Waals surface area contributed by atoms with E-state index in [2.05, 4.69) is 10.1 Å². The van der Waals surface area contributed by atoms with Gasteiger partial charge in [-0.2, -0.15) is 5.10 Å². The first-order valence-corrected chi connectivity index (χ1v) is 6.01. The lowest BCUT2D eigenvalue weighted by atomic mass is 10.3. The van der Waals surface area contributed by atoms with E-state index in [-0.39, 0.29) is 6.10 Å². The summed E-state index contributed by atoms with van der Waals surface area (Å²) in [4.78, 5) is 4.36. The van der Waals surface area contributed by atoms with Crippen molar-refractivity contribution >= 4 is 17.1 Å².